The van der Waals surface area contributed by atoms with Crippen molar-refractivity contribution in [3.63, 3.8) is 0 Å². The molecule has 0 saturated carbocycles. The van der Waals surface area contributed by atoms with E-state index in [1.807, 2.05) is 36.4 Å². The van der Waals surface area contributed by atoms with Crippen LogP contribution in [0.2, 0.25) is 4.34 Å². The summed E-state index contributed by atoms with van der Waals surface area (Å²) in [5.74, 6) is 1.23. The molecule has 0 fully saturated rings. The van der Waals surface area contributed by atoms with Crippen LogP contribution in [0.3, 0.4) is 0 Å². The minimum absolute atomic E-state index is 0.0954. The van der Waals surface area contributed by atoms with Gasteiger partial charge in [0.1, 0.15) is 5.75 Å². The van der Waals surface area contributed by atoms with E-state index < -0.39 is 0 Å². The number of hydrogen-bond donors (Lipinski definition) is 1. The van der Waals surface area contributed by atoms with Gasteiger partial charge in [0.05, 0.1) is 23.6 Å². The number of halogens is 1. The molecule has 0 aliphatic heterocycles. The number of thiophene rings is 1. The lowest BCUT2D eigenvalue weighted by molar-refractivity contribution is -0.113. The number of nitrogens with one attached hydrogen (secondary N) is 1. The molecule has 0 radical (unpaired) electrons. The summed E-state index contributed by atoms with van der Waals surface area (Å²) in [5.41, 5.74) is 0. The van der Waals surface area contributed by atoms with E-state index in [9.17, 15) is 4.79 Å². The van der Waals surface area contributed by atoms with Crippen LogP contribution in [0, 0.1) is 0 Å². The average Bonchev–Trinajstić information content (AvgIpc) is 3.22. The van der Waals surface area contributed by atoms with E-state index in [2.05, 4.69) is 15.5 Å². The zero-order chi connectivity index (χ0) is 17.6. The van der Waals surface area contributed by atoms with Gasteiger partial charge in [-0.15, -0.1) is 28.2 Å². The van der Waals surface area contributed by atoms with Crippen LogP contribution >= 0.6 is 34.7 Å². The minimum Gasteiger partial charge on any atom is -0.497 e. The smallest absolute Gasteiger partial charge is 0.322 e. The monoisotopic (exact) mass is 395 g/mol. The number of thioether (sulfide) groups is 1. The van der Waals surface area contributed by atoms with E-state index in [4.69, 9.17) is 20.8 Å². The number of hydrogen-bond acceptors (Lipinski definition) is 7. The van der Waals surface area contributed by atoms with E-state index in [0.717, 1.165) is 15.5 Å². The number of rotatable bonds is 7. The van der Waals surface area contributed by atoms with Crippen LogP contribution in [0.25, 0.3) is 0 Å². The lowest BCUT2D eigenvalue weighted by Gasteiger charge is -2.03. The Morgan fingerprint density at radius 1 is 1.28 bits per heavy atom. The van der Waals surface area contributed by atoms with Gasteiger partial charge in [0.15, 0.2) is 0 Å². The Labute approximate surface area is 157 Å². The molecule has 130 valence electrons. The molecule has 0 bridgehead atoms. The van der Waals surface area contributed by atoms with E-state index in [-0.39, 0.29) is 17.7 Å². The van der Waals surface area contributed by atoms with Crippen molar-refractivity contribution >= 4 is 46.6 Å². The predicted molar refractivity (Wildman–Crippen MR) is 98.8 cm³/mol. The fraction of sp³-hybridized carbons (Fsp3) is 0.188. The standard InChI is InChI=1S/C16H14ClN3O3S2/c1-22-10-2-4-11(5-3-10)24-9-14(21)18-16-20-19-15(23-16)8-12-6-7-13(17)25-12/h2-7H,8-9H2,1H3,(H,18,20,21). The molecule has 6 nitrogen and oxygen atoms in total. The van der Waals surface area contributed by atoms with Gasteiger partial charge in [-0.25, -0.2) is 0 Å². The molecule has 2 aromatic heterocycles. The Morgan fingerprint density at radius 2 is 2.08 bits per heavy atom. The van der Waals surface area contributed by atoms with Crippen LogP contribution in [0.5, 0.6) is 5.75 Å². The van der Waals surface area contributed by atoms with Crippen LogP contribution in [0.15, 0.2) is 45.7 Å². The van der Waals surface area contributed by atoms with Crippen molar-refractivity contribution in [1.82, 2.24) is 10.2 Å². The van der Waals surface area contributed by atoms with Crippen LogP contribution < -0.4 is 10.1 Å². The molecule has 0 saturated heterocycles. The normalized spacial score (nSPS) is 10.6. The number of methoxy groups -OCH3 is 1. The minimum atomic E-state index is -0.213. The van der Waals surface area contributed by atoms with E-state index in [1.54, 1.807) is 7.11 Å². The van der Waals surface area contributed by atoms with Gasteiger partial charge in [0.2, 0.25) is 11.8 Å². The van der Waals surface area contributed by atoms with Crippen LogP contribution in [-0.2, 0) is 11.2 Å². The molecule has 2 heterocycles. The highest BCUT2D eigenvalue weighted by molar-refractivity contribution is 8.00. The van der Waals surface area contributed by atoms with Gasteiger partial charge in [-0.2, -0.15) is 0 Å². The Kier molecular flexibility index (Phi) is 5.95. The molecule has 1 N–H and O–H groups in total. The molecule has 0 aliphatic carbocycles. The number of nitrogens with zero attached hydrogens (tertiary/aromatic N) is 2. The lowest BCUT2D eigenvalue weighted by Crippen LogP contribution is -2.14. The summed E-state index contributed by atoms with van der Waals surface area (Å²) in [7, 11) is 1.61. The number of aromatic nitrogens is 2. The first-order chi connectivity index (χ1) is 12.1. The third-order valence-electron chi connectivity index (χ3n) is 3.10. The molecule has 0 unspecified atom stereocenters. The van der Waals surface area contributed by atoms with Crippen molar-refractivity contribution < 1.29 is 13.9 Å². The van der Waals surface area contributed by atoms with Crippen molar-refractivity contribution in [2.24, 2.45) is 0 Å². The largest absolute Gasteiger partial charge is 0.497 e. The van der Waals surface area contributed by atoms with Crippen molar-refractivity contribution in [2.45, 2.75) is 11.3 Å². The predicted octanol–water partition coefficient (Wildman–Crippen LogP) is 4.11. The Morgan fingerprint density at radius 3 is 2.76 bits per heavy atom. The van der Waals surface area contributed by atoms with E-state index in [1.165, 1.54) is 23.1 Å². The summed E-state index contributed by atoms with van der Waals surface area (Å²) >= 11 is 8.75. The molecule has 25 heavy (non-hydrogen) atoms. The lowest BCUT2D eigenvalue weighted by atomic mass is 10.3. The molecular formula is C16H14ClN3O3S2. The van der Waals surface area contributed by atoms with Gasteiger partial charge in [-0.3, -0.25) is 10.1 Å². The van der Waals surface area contributed by atoms with Crippen LogP contribution in [0.1, 0.15) is 10.8 Å². The van der Waals surface area contributed by atoms with Gasteiger partial charge in [-0.1, -0.05) is 16.7 Å². The molecule has 0 atom stereocenters. The quantitative estimate of drug-likeness (QED) is 0.606. The maximum absolute atomic E-state index is 12.0. The van der Waals surface area contributed by atoms with Crippen molar-refractivity contribution in [3.05, 3.63) is 51.5 Å². The second-order valence-corrected chi connectivity index (χ2v) is 7.74. The number of carbonyl (C=O) groups excluding carboxylic acids is 1. The molecular weight excluding hydrogens is 382 g/mol. The Bertz CT molecular complexity index is 848. The zero-order valence-corrected chi connectivity index (χ0v) is 15.6. The van der Waals surface area contributed by atoms with Crippen LogP contribution in [-0.4, -0.2) is 29.0 Å². The number of benzene rings is 1. The van der Waals surface area contributed by atoms with Gasteiger partial charge in [0.25, 0.3) is 0 Å². The first-order valence-electron chi connectivity index (χ1n) is 7.25. The number of ether oxygens (including phenoxy) is 1. The molecule has 0 spiro atoms. The highest BCUT2D eigenvalue weighted by Gasteiger charge is 2.11. The van der Waals surface area contributed by atoms with Gasteiger partial charge in [0, 0.05) is 9.77 Å². The molecule has 1 aromatic carbocycles. The second-order valence-electron chi connectivity index (χ2n) is 4.90. The zero-order valence-electron chi connectivity index (χ0n) is 13.2. The third kappa shape index (κ3) is 5.22. The maximum atomic E-state index is 12.0. The molecule has 3 aromatic rings. The van der Waals surface area contributed by atoms with Crippen molar-refractivity contribution in [3.8, 4) is 5.75 Å². The summed E-state index contributed by atoms with van der Waals surface area (Å²) < 4.78 is 11.2. The van der Waals surface area contributed by atoms with E-state index >= 15 is 0 Å². The molecule has 9 heteroatoms. The maximum Gasteiger partial charge on any atom is 0.322 e. The van der Waals surface area contributed by atoms with Gasteiger partial charge >= 0.3 is 6.01 Å². The second kappa shape index (κ2) is 8.37. The molecule has 0 aliphatic rings. The van der Waals surface area contributed by atoms with Crippen molar-refractivity contribution in [1.29, 1.82) is 0 Å². The number of amides is 1. The molecule has 1 amide bonds. The summed E-state index contributed by atoms with van der Waals surface area (Å²) in [6.45, 7) is 0. The highest BCUT2D eigenvalue weighted by atomic mass is 35.5. The number of carbonyl (C=O) groups is 1. The highest BCUT2D eigenvalue weighted by Crippen LogP contribution is 2.24. The van der Waals surface area contributed by atoms with E-state index in [0.29, 0.717) is 16.6 Å². The SMILES string of the molecule is COc1ccc(SCC(=O)Nc2nnc(Cc3ccc(Cl)s3)o2)cc1. The van der Waals surface area contributed by atoms with Crippen molar-refractivity contribution in [2.75, 3.05) is 18.2 Å². The Hall–Kier alpha value is -2.03. The summed E-state index contributed by atoms with van der Waals surface area (Å²) in [6.07, 6.45) is 0.487. The third-order valence-corrected chi connectivity index (χ3v) is 5.34. The fourth-order valence-electron chi connectivity index (χ4n) is 1.95. The average molecular weight is 396 g/mol. The topological polar surface area (TPSA) is 77.2 Å². The molecule has 3 rings (SSSR count). The fourth-order valence-corrected chi connectivity index (χ4v) is 3.72. The summed E-state index contributed by atoms with van der Waals surface area (Å²) in [6, 6.07) is 11.3. The number of anilines is 1. The summed E-state index contributed by atoms with van der Waals surface area (Å²) in [4.78, 5) is 14.0. The first-order valence-corrected chi connectivity index (χ1v) is 9.43. The Balaban J connectivity index is 1.49. The van der Waals surface area contributed by atoms with Gasteiger partial charge < -0.3 is 9.15 Å². The van der Waals surface area contributed by atoms with Gasteiger partial charge in [-0.05, 0) is 36.4 Å². The van der Waals surface area contributed by atoms with Crippen LogP contribution in [0.4, 0.5) is 6.01 Å². The first kappa shape index (κ1) is 17.8. The summed E-state index contributed by atoms with van der Waals surface area (Å²) in [5, 5.41) is 10.4.